The van der Waals surface area contributed by atoms with E-state index in [0.29, 0.717) is 10.7 Å². The van der Waals surface area contributed by atoms with Gasteiger partial charge in [-0.1, -0.05) is 18.2 Å². The van der Waals surface area contributed by atoms with Crippen molar-refractivity contribution >= 4 is 40.6 Å². The summed E-state index contributed by atoms with van der Waals surface area (Å²) in [5, 5.41) is 2.55. The van der Waals surface area contributed by atoms with Crippen LogP contribution >= 0.6 is 11.8 Å². The first-order valence-corrected chi connectivity index (χ1v) is 10.4. The number of nitrogens with zero attached hydrogens (tertiary/aromatic N) is 1. The van der Waals surface area contributed by atoms with Gasteiger partial charge in [0.05, 0.1) is 4.91 Å². The lowest BCUT2D eigenvalue weighted by atomic mass is 10.1. The van der Waals surface area contributed by atoms with Crippen molar-refractivity contribution in [1.29, 1.82) is 0 Å². The second kappa shape index (κ2) is 9.17. The third-order valence-corrected chi connectivity index (χ3v) is 5.54. The van der Waals surface area contributed by atoms with Crippen molar-refractivity contribution in [3.05, 3.63) is 64.1 Å². The quantitative estimate of drug-likeness (QED) is 0.677. The summed E-state index contributed by atoms with van der Waals surface area (Å²) in [6.07, 6.45) is 1.66. The van der Waals surface area contributed by atoms with Gasteiger partial charge in [0.25, 0.3) is 17.1 Å². The van der Waals surface area contributed by atoms with Crippen LogP contribution in [0.2, 0.25) is 0 Å². The summed E-state index contributed by atoms with van der Waals surface area (Å²) in [4.78, 5) is 38.2. The monoisotopic (exact) mass is 424 g/mol. The number of hydrogen-bond donors (Lipinski definition) is 1. The van der Waals surface area contributed by atoms with E-state index in [9.17, 15) is 14.4 Å². The molecule has 2 aromatic carbocycles. The van der Waals surface area contributed by atoms with Crippen molar-refractivity contribution in [2.75, 3.05) is 11.9 Å². The molecule has 1 saturated heterocycles. The fraction of sp³-hybridized carbons (Fsp3) is 0.261. The highest BCUT2D eigenvalue weighted by molar-refractivity contribution is 8.18. The number of benzene rings is 2. The second-order valence-corrected chi connectivity index (χ2v) is 8.35. The van der Waals surface area contributed by atoms with Gasteiger partial charge in [0.1, 0.15) is 5.75 Å². The number of imide groups is 1. The molecular weight excluding hydrogens is 400 g/mol. The first kappa shape index (κ1) is 21.6. The SMILES string of the molecule is Cc1ccc(NC(=O)COc2cccc(/C=C3\SC(=O)N(C(C)C)C3=O)c2)cc1C. The van der Waals surface area contributed by atoms with E-state index in [0.717, 1.165) is 34.1 Å². The normalized spacial score (nSPS) is 15.2. The molecule has 6 nitrogen and oxygen atoms in total. The standard InChI is InChI=1S/C23H24N2O4S/c1-14(2)25-22(27)20(30-23(25)28)12-17-6-5-7-19(11-17)29-13-21(26)24-18-9-8-15(3)16(4)10-18/h5-12,14H,13H2,1-4H3,(H,24,26)/b20-12-. The van der Waals surface area contributed by atoms with Crippen LogP contribution in [0.1, 0.15) is 30.5 Å². The van der Waals surface area contributed by atoms with Crippen molar-refractivity contribution in [2.24, 2.45) is 0 Å². The van der Waals surface area contributed by atoms with Crippen LogP contribution in [0, 0.1) is 13.8 Å². The minimum absolute atomic E-state index is 0.139. The Morgan fingerprint density at radius 2 is 1.90 bits per heavy atom. The molecule has 0 unspecified atom stereocenters. The minimum Gasteiger partial charge on any atom is -0.484 e. The van der Waals surface area contributed by atoms with E-state index in [1.54, 1.807) is 38.1 Å². The first-order chi connectivity index (χ1) is 14.2. The highest BCUT2D eigenvalue weighted by Gasteiger charge is 2.36. The maximum absolute atomic E-state index is 12.4. The molecule has 1 heterocycles. The molecule has 0 saturated carbocycles. The van der Waals surface area contributed by atoms with E-state index in [2.05, 4.69) is 5.32 Å². The van der Waals surface area contributed by atoms with E-state index in [1.165, 1.54) is 4.90 Å². The summed E-state index contributed by atoms with van der Waals surface area (Å²) in [5.41, 5.74) is 3.70. The van der Waals surface area contributed by atoms with Crippen molar-refractivity contribution in [3.8, 4) is 5.75 Å². The number of carbonyl (C=O) groups is 3. The Morgan fingerprint density at radius 1 is 1.13 bits per heavy atom. The van der Waals surface area contributed by atoms with Gasteiger partial charge in [0.15, 0.2) is 6.61 Å². The molecule has 0 radical (unpaired) electrons. The highest BCUT2D eigenvalue weighted by atomic mass is 32.2. The van der Waals surface area contributed by atoms with Crippen LogP contribution in [0.5, 0.6) is 5.75 Å². The molecule has 3 amide bonds. The highest BCUT2D eigenvalue weighted by Crippen LogP contribution is 2.33. The lowest BCUT2D eigenvalue weighted by Gasteiger charge is -2.16. The zero-order valence-electron chi connectivity index (χ0n) is 17.4. The number of ether oxygens (including phenoxy) is 1. The van der Waals surface area contributed by atoms with Gasteiger partial charge in [0, 0.05) is 11.7 Å². The molecule has 156 valence electrons. The molecule has 0 bridgehead atoms. The van der Waals surface area contributed by atoms with Crippen molar-refractivity contribution in [2.45, 2.75) is 33.7 Å². The number of rotatable bonds is 6. The lowest BCUT2D eigenvalue weighted by molar-refractivity contribution is -0.123. The Morgan fingerprint density at radius 3 is 2.57 bits per heavy atom. The zero-order valence-corrected chi connectivity index (χ0v) is 18.2. The number of hydrogen-bond acceptors (Lipinski definition) is 5. The van der Waals surface area contributed by atoms with Crippen LogP contribution in [0.4, 0.5) is 10.5 Å². The molecule has 2 aromatic rings. The summed E-state index contributed by atoms with van der Waals surface area (Å²) in [6.45, 7) is 7.47. The van der Waals surface area contributed by atoms with E-state index < -0.39 is 0 Å². The zero-order chi connectivity index (χ0) is 21.8. The first-order valence-electron chi connectivity index (χ1n) is 9.61. The Labute approximate surface area is 180 Å². The van der Waals surface area contributed by atoms with Crippen LogP contribution in [0.25, 0.3) is 6.08 Å². The van der Waals surface area contributed by atoms with Gasteiger partial charge in [-0.3, -0.25) is 19.3 Å². The number of thioether (sulfide) groups is 1. The van der Waals surface area contributed by atoms with Crippen LogP contribution in [-0.2, 0) is 9.59 Å². The summed E-state index contributed by atoms with van der Waals surface area (Å²) in [6, 6.07) is 12.6. The average Bonchev–Trinajstić information content (AvgIpc) is 2.96. The van der Waals surface area contributed by atoms with Gasteiger partial charge in [-0.05, 0) is 86.5 Å². The molecule has 1 aliphatic rings. The van der Waals surface area contributed by atoms with E-state index in [1.807, 2.05) is 38.1 Å². The van der Waals surface area contributed by atoms with E-state index >= 15 is 0 Å². The van der Waals surface area contributed by atoms with Crippen LogP contribution in [0.3, 0.4) is 0 Å². The molecule has 0 atom stereocenters. The van der Waals surface area contributed by atoms with Gasteiger partial charge in [-0.15, -0.1) is 0 Å². The summed E-state index contributed by atoms with van der Waals surface area (Å²) in [5.74, 6) is -0.0529. The minimum atomic E-state index is -0.293. The third kappa shape index (κ3) is 5.10. The summed E-state index contributed by atoms with van der Waals surface area (Å²) >= 11 is 0.926. The Bertz CT molecular complexity index is 1030. The molecule has 1 N–H and O–H groups in total. The summed E-state index contributed by atoms with van der Waals surface area (Å²) in [7, 11) is 0. The van der Waals surface area contributed by atoms with Gasteiger partial charge < -0.3 is 10.1 Å². The molecule has 0 spiro atoms. The Kier molecular flexibility index (Phi) is 6.62. The molecular formula is C23H24N2O4S. The Balaban J connectivity index is 1.63. The Hall–Kier alpha value is -3.06. The van der Waals surface area contributed by atoms with Crippen LogP contribution < -0.4 is 10.1 Å². The van der Waals surface area contributed by atoms with Crippen molar-refractivity contribution in [1.82, 2.24) is 4.90 Å². The van der Waals surface area contributed by atoms with Gasteiger partial charge in [0.2, 0.25) is 0 Å². The second-order valence-electron chi connectivity index (χ2n) is 7.35. The number of carbonyl (C=O) groups excluding carboxylic acids is 3. The smallest absolute Gasteiger partial charge is 0.293 e. The van der Waals surface area contributed by atoms with Crippen molar-refractivity contribution < 1.29 is 19.1 Å². The fourth-order valence-corrected chi connectivity index (χ4v) is 3.90. The average molecular weight is 425 g/mol. The van der Waals surface area contributed by atoms with Gasteiger partial charge >= 0.3 is 0 Å². The lowest BCUT2D eigenvalue weighted by Crippen LogP contribution is -2.34. The molecule has 1 aliphatic heterocycles. The number of aryl methyl sites for hydroxylation is 2. The van der Waals surface area contributed by atoms with Gasteiger partial charge in [-0.2, -0.15) is 0 Å². The molecule has 0 aliphatic carbocycles. The molecule has 3 rings (SSSR count). The predicted molar refractivity (Wildman–Crippen MR) is 119 cm³/mol. The molecule has 30 heavy (non-hydrogen) atoms. The maximum Gasteiger partial charge on any atom is 0.293 e. The topological polar surface area (TPSA) is 75.7 Å². The number of anilines is 1. The number of amides is 3. The third-order valence-electron chi connectivity index (χ3n) is 4.66. The largest absolute Gasteiger partial charge is 0.484 e. The van der Waals surface area contributed by atoms with Crippen molar-refractivity contribution in [3.63, 3.8) is 0 Å². The molecule has 0 aromatic heterocycles. The number of nitrogens with one attached hydrogen (secondary N) is 1. The summed E-state index contributed by atoms with van der Waals surface area (Å²) < 4.78 is 5.60. The van der Waals surface area contributed by atoms with Gasteiger partial charge in [-0.25, -0.2) is 0 Å². The van der Waals surface area contributed by atoms with Crippen LogP contribution in [-0.4, -0.2) is 34.6 Å². The van der Waals surface area contributed by atoms with Crippen LogP contribution in [0.15, 0.2) is 47.4 Å². The van der Waals surface area contributed by atoms with E-state index in [4.69, 9.17) is 4.74 Å². The fourth-order valence-electron chi connectivity index (χ4n) is 2.94. The predicted octanol–water partition coefficient (Wildman–Crippen LogP) is 4.77. The molecule has 1 fully saturated rings. The molecule has 7 heteroatoms. The van der Waals surface area contributed by atoms with E-state index in [-0.39, 0.29) is 29.7 Å². The maximum atomic E-state index is 12.4.